The van der Waals surface area contributed by atoms with Crippen molar-refractivity contribution in [2.75, 3.05) is 11.9 Å². The van der Waals surface area contributed by atoms with Gasteiger partial charge in [0.2, 0.25) is 0 Å². The van der Waals surface area contributed by atoms with Crippen molar-refractivity contribution < 1.29 is 0 Å². The van der Waals surface area contributed by atoms with Gasteiger partial charge in [0.05, 0.1) is 0 Å². The fourth-order valence-corrected chi connectivity index (χ4v) is 1.28. The molecule has 0 saturated heterocycles. The Hall–Kier alpha value is -1.09. The van der Waals surface area contributed by atoms with E-state index in [1.54, 1.807) is 0 Å². The highest BCUT2D eigenvalue weighted by Crippen LogP contribution is 2.19. The highest BCUT2D eigenvalue weighted by atomic mass is 35.5. The lowest BCUT2D eigenvalue weighted by molar-refractivity contribution is 0.927. The number of halogens is 1. The van der Waals surface area contributed by atoms with Crippen LogP contribution in [0, 0.1) is 6.92 Å². The minimum Gasteiger partial charge on any atom is -0.366 e. The van der Waals surface area contributed by atoms with E-state index in [1.807, 2.05) is 20.8 Å². The first-order valence-electron chi connectivity index (χ1n) is 4.95. The summed E-state index contributed by atoms with van der Waals surface area (Å²) < 4.78 is 0. The number of aryl methyl sites for hydroxylation is 1. The Bertz CT molecular complexity index is 374. The van der Waals surface area contributed by atoms with Crippen LogP contribution in [0.1, 0.15) is 25.2 Å². The molecule has 1 heterocycles. The maximum atomic E-state index is 6.00. The molecule has 4 heteroatoms. The molecule has 3 nitrogen and oxygen atoms in total. The SMILES string of the molecule is C=C(C)CNc1nc(CC)nc(Cl)c1C. The molecule has 0 fully saturated rings. The fourth-order valence-electron chi connectivity index (χ4n) is 1.10. The van der Waals surface area contributed by atoms with Crippen LogP contribution in [0.5, 0.6) is 0 Å². The molecule has 0 aromatic carbocycles. The Morgan fingerprint density at radius 2 is 2.13 bits per heavy atom. The molecule has 1 rings (SSSR count). The maximum Gasteiger partial charge on any atom is 0.137 e. The molecule has 1 aromatic heterocycles. The molecular formula is C11H16ClN3. The first kappa shape index (κ1) is 12.0. The lowest BCUT2D eigenvalue weighted by Gasteiger charge is -2.10. The number of aromatic nitrogens is 2. The fraction of sp³-hybridized carbons (Fsp3) is 0.455. The largest absolute Gasteiger partial charge is 0.366 e. The molecule has 0 aliphatic carbocycles. The van der Waals surface area contributed by atoms with Crippen LogP contribution < -0.4 is 5.32 Å². The smallest absolute Gasteiger partial charge is 0.137 e. The van der Waals surface area contributed by atoms with Gasteiger partial charge in [-0.1, -0.05) is 30.7 Å². The third-order valence-corrected chi connectivity index (χ3v) is 2.37. The van der Waals surface area contributed by atoms with Crippen LogP contribution in [0.25, 0.3) is 0 Å². The Morgan fingerprint density at radius 1 is 1.47 bits per heavy atom. The first-order valence-corrected chi connectivity index (χ1v) is 5.33. The molecule has 15 heavy (non-hydrogen) atoms. The molecule has 0 aliphatic rings. The van der Waals surface area contributed by atoms with Crippen molar-refractivity contribution in [1.82, 2.24) is 9.97 Å². The summed E-state index contributed by atoms with van der Waals surface area (Å²) in [5.41, 5.74) is 1.94. The van der Waals surface area contributed by atoms with E-state index < -0.39 is 0 Å². The Labute approximate surface area is 95.6 Å². The molecule has 1 aromatic rings. The zero-order valence-corrected chi connectivity index (χ0v) is 10.1. The summed E-state index contributed by atoms with van der Waals surface area (Å²) in [6.45, 7) is 10.4. The molecule has 0 aliphatic heterocycles. The van der Waals surface area contributed by atoms with Crippen LogP contribution in [0.2, 0.25) is 5.15 Å². The van der Waals surface area contributed by atoms with Crippen molar-refractivity contribution in [3.63, 3.8) is 0 Å². The summed E-state index contributed by atoms with van der Waals surface area (Å²) in [5, 5.41) is 3.71. The zero-order chi connectivity index (χ0) is 11.4. The number of anilines is 1. The van der Waals surface area contributed by atoms with E-state index in [0.29, 0.717) is 11.7 Å². The topological polar surface area (TPSA) is 37.8 Å². The van der Waals surface area contributed by atoms with Crippen molar-refractivity contribution in [2.45, 2.75) is 27.2 Å². The van der Waals surface area contributed by atoms with E-state index in [2.05, 4.69) is 21.9 Å². The minimum absolute atomic E-state index is 0.520. The standard InChI is InChI=1S/C11H16ClN3/c1-5-9-14-10(12)8(4)11(15-9)13-6-7(2)3/h2,5-6H2,1,3-4H3,(H,13,14,15). The molecule has 1 N–H and O–H groups in total. The second kappa shape index (κ2) is 5.12. The number of nitrogens with one attached hydrogen (secondary N) is 1. The van der Waals surface area contributed by atoms with Crippen LogP contribution in [0.15, 0.2) is 12.2 Å². The van der Waals surface area contributed by atoms with Crippen LogP contribution in [-0.4, -0.2) is 16.5 Å². The first-order chi connectivity index (χ1) is 7.04. The maximum absolute atomic E-state index is 6.00. The van der Waals surface area contributed by atoms with Crippen molar-refractivity contribution in [3.05, 3.63) is 28.7 Å². The Kier molecular flexibility index (Phi) is 4.09. The number of rotatable bonds is 4. The lowest BCUT2D eigenvalue weighted by Crippen LogP contribution is -2.08. The summed E-state index contributed by atoms with van der Waals surface area (Å²) in [6.07, 6.45) is 0.780. The second-order valence-corrected chi connectivity index (χ2v) is 3.93. The normalized spacial score (nSPS) is 10.1. The highest BCUT2D eigenvalue weighted by Gasteiger charge is 2.07. The molecule has 0 amide bonds. The van der Waals surface area contributed by atoms with E-state index in [-0.39, 0.29) is 0 Å². The van der Waals surface area contributed by atoms with Crippen LogP contribution >= 0.6 is 11.6 Å². The van der Waals surface area contributed by atoms with Crippen LogP contribution in [0.3, 0.4) is 0 Å². The van der Waals surface area contributed by atoms with E-state index in [1.165, 1.54) is 0 Å². The molecule has 0 spiro atoms. The third kappa shape index (κ3) is 3.20. The molecule has 0 unspecified atom stereocenters. The van der Waals surface area contributed by atoms with Gasteiger partial charge in [-0.05, 0) is 13.8 Å². The summed E-state index contributed by atoms with van der Waals surface area (Å²) in [7, 11) is 0. The van der Waals surface area contributed by atoms with Crippen molar-refractivity contribution >= 4 is 17.4 Å². The average molecular weight is 226 g/mol. The zero-order valence-electron chi connectivity index (χ0n) is 9.39. The van der Waals surface area contributed by atoms with Gasteiger partial charge in [0.1, 0.15) is 16.8 Å². The van der Waals surface area contributed by atoms with Gasteiger partial charge in [-0.3, -0.25) is 0 Å². The Morgan fingerprint density at radius 3 is 2.67 bits per heavy atom. The average Bonchev–Trinajstić information content (AvgIpc) is 2.19. The van der Waals surface area contributed by atoms with Crippen LogP contribution in [0.4, 0.5) is 5.82 Å². The quantitative estimate of drug-likeness (QED) is 0.633. The Balaban J connectivity index is 2.94. The highest BCUT2D eigenvalue weighted by molar-refractivity contribution is 6.30. The van der Waals surface area contributed by atoms with Crippen LogP contribution in [-0.2, 0) is 6.42 Å². The molecule has 0 radical (unpaired) electrons. The molecule has 82 valence electrons. The number of hydrogen-bond acceptors (Lipinski definition) is 3. The summed E-state index contributed by atoms with van der Waals surface area (Å²) >= 11 is 6.00. The minimum atomic E-state index is 0.520. The third-order valence-electron chi connectivity index (χ3n) is 2.01. The van der Waals surface area contributed by atoms with E-state index in [9.17, 15) is 0 Å². The van der Waals surface area contributed by atoms with E-state index in [0.717, 1.165) is 29.2 Å². The van der Waals surface area contributed by atoms with Gasteiger partial charge in [-0.2, -0.15) is 0 Å². The monoisotopic (exact) mass is 225 g/mol. The molecular weight excluding hydrogens is 210 g/mol. The molecule has 0 bridgehead atoms. The summed E-state index contributed by atoms with van der Waals surface area (Å²) in [4.78, 5) is 8.55. The van der Waals surface area contributed by atoms with Gasteiger partial charge >= 0.3 is 0 Å². The van der Waals surface area contributed by atoms with Gasteiger partial charge in [-0.25, -0.2) is 9.97 Å². The number of nitrogens with zero attached hydrogens (tertiary/aromatic N) is 2. The summed E-state index contributed by atoms with van der Waals surface area (Å²) in [6, 6.07) is 0. The van der Waals surface area contributed by atoms with Crippen molar-refractivity contribution in [1.29, 1.82) is 0 Å². The van der Waals surface area contributed by atoms with E-state index in [4.69, 9.17) is 11.6 Å². The second-order valence-electron chi connectivity index (χ2n) is 3.57. The van der Waals surface area contributed by atoms with Gasteiger partial charge in [0.25, 0.3) is 0 Å². The van der Waals surface area contributed by atoms with Gasteiger partial charge in [0.15, 0.2) is 0 Å². The van der Waals surface area contributed by atoms with Crippen molar-refractivity contribution in [2.24, 2.45) is 0 Å². The predicted molar refractivity (Wildman–Crippen MR) is 64.5 cm³/mol. The summed E-state index contributed by atoms with van der Waals surface area (Å²) in [5.74, 6) is 1.56. The predicted octanol–water partition coefficient (Wildman–Crippen LogP) is 2.99. The molecule has 0 atom stereocenters. The van der Waals surface area contributed by atoms with Gasteiger partial charge in [-0.15, -0.1) is 0 Å². The lowest BCUT2D eigenvalue weighted by atomic mass is 10.3. The molecule has 0 saturated carbocycles. The van der Waals surface area contributed by atoms with Gasteiger partial charge < -0.3 is 5.32 Å². The van der Waals surface area contributed by atoms with Gasteiger partial charge in [0, 0.05) is 18.5 Å². The number of hydrogen-bond donors (Lipinski definition) is 1. The van der Waals surface area contributed by atoms with Crippen molar-refractivity contribution in [3.8, 4) is 0 Å². The van der Waals surface area contributed by atoms with E-state index >= 15 is 0 Å².